The van der Waals surface area contributed by atoms with Crippen molar-refractivity contribution in [1.82, 2.24) is 0 Å². The molecule has 25 atom stereocenters. The van der Waals surface area contributed by atoms with E-state index in [2.05, 4.69) is 33.4 Å². The maximum atomic E-state index is 12.2. The predicted octanol–water partition coefficient (Wildman–Crippen LogP) is -0.256. The van der Waals surface area contributed by atoms with Crippen LogP contribution in [0, 0.1) is 40.4 Å². The molecule has 5 heterocycles. The summed E-state index contributed by atoms with van der Waals surface area (Å²) in [6.45, 7) is 12.2. The number of ether oxygens (including phenoxy) is 8. The average Bonchev–Trinajstić information content (AvgIpc) is 3.68. The van der Waals surface area contributed by atoms with Gasteiger partial charge in [0.15, 0.2) is 24.7 Å². The van der Waals surface area contributed by atoms with E-state index in [0.29, 0.717) is 37.2 Å². The SMILES string of the molecule is C=C1CC[C@@]2(OC1)O[C@@H]1C[C@H]3[C@H]4CC=C5C[C@@H](O[C@H]6OC[C@H](O)[C@@H](O)[C@@H]6O[C@H]6O[C@@H](C)[C@H](O)[C@@H](O[C@H]7O[C@@H](CO)[C@H](O)[C@@H](O)[C@@H]7O)[C@@H]6O)C[C@H](O)[C@]5(C)[C@H]4CC[C@@]3(C)[C@@H]1[C@H]2C. The molecule has 0 aromatic heterocycles. The Bertz CT molecular complexity index is 1640. The van der Waals surface area contributed by atoms with E-state index < -0.39 is 116 Å². The van der Waals surface area contributed by atoms with Gasteiger partial charge in [0.25, 0.3) is 0 Å². The highest BCUT2D eigenvalue weighted by molar-refractivity contribution is 5.28. The maximum absolute atomic E-state index is 12.2. The van der Waals surface area contributed by atoms with Crippen molar-refractivity contribution in [2.75, 3.05) is 19.8 Å². The fourth-order valence-electron chi connectivity index (χ4n) is 13.6. The Morgan fingerprint density at radius 3 is 2.26 bits per heavy atom. The molecule has 9 N–H and O–H groups in total. The highest BCUT2D eigenvalue weighted by Crippen LogP contribution is 2.70. The van der Waals surface area contributed by atoms with Crippen LogP contribution in [-0.4, -0.2) is 176 Å². The van der Waals surface area contributed by atoms with Gasteiger partial charge in [-0.2, -0.15) is 0 Å². The van der Waals surface area contributed by atoms with Crippen LogP contribution in [0.2, 0.25) is 0 Å². The molecule has 1 spiro atoms. The number of hydrogen-bond acceptors (Lipinski definition) is 17. The first-order valence-corrected chi connectivity index (χ1v) is 22.5. The standard InChI is InChI=1S/C44H68O17/c1-18-8-11-44(55-16-18)19(2)30-27(61-44)14-25-23-7-6-21-12-22(13-29(47)43(21,5)24(23)9-10-42(25,30)4)57-41-38(32(49)26(46)17-54-41)60-40-36(53)37(31(48)20(3)56-40)59-39-35(52)34(51)33(50)28(15-45)58-39/h6,19-20,22-41,45-53H,1,7-17H2,2-5H3/t19-,20+,22-,23+,24+,25+,26+,27-,28+,29+,30-,31+,32-,33+,34-,35+,36+,37-,38+,39-,40-,41-,42-,43+,44-/m1/s1. The largest absolute Gasteiger partial charge is 0.394 e. The average molecular weight is 869 g/mol. The summed E-state index contributed by atoms with van der Waals surface area (Å²) in [6, 6.07) is 0. The summed E-state index contributed by atoms with van der Waals surface area (Å²) in [5.74, 6) is 1.30. The van der Waals surface area contributed by atoms with Crippen molar-refractivity contribution in [2.45, 2.75) is 189 Å². The van der Waals surface area contributed by atoms with Gasteiger partial charge in [-0.05, 0) is 74.5 Å². The summed E-state index contributed by atoms with van der Waals surface area (Å²) in [5.41, 5.74) is 1.90. The number of allylic oxidation sites excluding steroid dienone is 1. The zero-order chi connectivity index (χ0) is 43.5. The van der Waals surface area contributed by atoms with Crippen molar-refractivity contribution in [3.63, 3.8) is 0 Å². The van der Waals surface area contributed by atoms with E-state index in [4.69, 9.17) is 37.9 Å². The fraction of sp³-hybridized carbons (Fsp3) is 0.909. The van der Waals surface area contributed by atoms with Crippen LogP contribution in [0.1, 0.15) is 79.1 Å². The normalized spacial score (nSPS) is 57.2. The van der Waals surface area contributed by atoms with Gasteiger partial charge in [0.1, 0.15) is 61.0 Å². The summed E-state index contributed by atoms with van der Waals surface area (Å²) in [7, 11) is 0. The second kappa shape index (κ2) is 16.6. The minimum absolute atomic E-state index is 0.107. The minimum atomic E-state index is -1.81. The van der Waals surface area contributed by atoms with Crippen molar-refractivity contribution in [3.8, 4) is 0 Å². The Balaban J connectivity index is 0.877. The predicted molar refractivity (Wildman–Crippen MR) is 210 cm³/mol. The quantitative estimate of drug-likeness (QED) is 0.150. The molecule has 346 valence electrons. The molecule has 0 aromatic rings. The molecule has 0 radical (unpaired) electrons. The van der Waals surface area contributed by atoms with Gasteiger partial charge in [-0.15, -0.1) is 0 Å². The summed E-state index contributed by atoms with van der Waals surface area (Å²) < 4.78 is 48.9. The summed E-state index contributed by atoms with van der Waals surface area (Å²) in [6.07, 6.45) is -13.5. The molecule has 5 saturated heterocycles. The molecule has 0 amide bonds. The molecule has 61 heavy (non-hydrogen) atoms. The Labute approximate surface area is 356 Å². The lowest BCUT2D eigenvalue weighted by Gasteiger charge is -2.60. The number of hydrogen-bond donors (Lipinski definition) is 9. The summed E-state index contributed by atoms with van der Waals surface area (Å²) in [4.78, 5) is 0. The molecule has 3 saturated carbocycles. The van der Waals surface area contributed by atoms with Gasteiger partial charge in [-0.25, -0.2) is 0 Å². The topological polar surface area (TPSA) is 256 Å². The van der Waals surface area contributed by atoms with Gasteiger partial charge in [-0.1, -0.05) is 44.6 Å². The number of aliphatic hydroxyl groups excluding tert-OH is 9. The van der Waals surface area contributed by atoms with E-state index in [-0.39, 0.29) is 30.0 Å². The zero-order valence-electron chi connectivity index (χ0n) is 35.6. The van der Waals surface area contributed by atoms with E-state index >= 15 is 0 Å². The van der Waals surface area contributed by atoms with E-state index in [0.717, 1.165) is 49.7 Å². The van der Waals surface area contributed by atoms with Crippen molar-refractivity contribution in [1.29, 1.82) is 0 Å². The van der Waals surface area contributed by atoms with Crippen LogP contribution >= 0.6 is 0 Å². The van der Waals surface area contributed by atoms with Crippen molar-refractivity contribution in [2.24, 2.45) is 40.4 Å². The smallest absolute Gasteiger partial charge is 0.187 e. The summed E-state index contributed by atoms with van der Waals surface area (Å²) in [5, 5.41) is 97.2. The van der Waals surface area contributed by atoms with Gasteiger partial charge in [0.2, 0.25) is 0 Å². The van der Waals surface area contributed by atoms with E-state index in [9.17, 15) is 46.0 Å². The molecule has 17 heteroatoms. The molecule has 0 aromatic carbocycles. The molecule has 0 bridgehead atoms. The van der Waals surface area contributed by atoms with E-state index in [1.807, 2.05) is 0 Å². The van der Waals surface area contributed by atoms with Crippen LogP contribution in [0.25, 0.3) is 0 Å². The van der Waals surface area contributed by atoms with Gasteiger partial charge in [0.05, 0.1) is 44.2 Å². The van der Waals surface area contributed by atoms with E-state index in [1.165, 1.54) is 6.92 Å². The Kier molecular flexibility index (Phi) is 12.2. The third-order valence-corrected chi connectivity index (χ3v) is 17.1. The molecular weight excluding hydrogens is 800 g/mol. The molecule has 8 fully saturated rings. The molecule has 4 aliphatic carbocycles. The zero-order valence-corrected chi connectivity index (χ0v) is 35.6. The molecular formula is C44H68O17. The van der Waals surface area contributed by atoms with Crippen LogP contribution in [0.5, 0.6) is 0 Å². The summed E-state index contributed by atoms with van der Waals surface area (Å²) >= 11 is 0. The van der Waals surface area contributed by atoms with Gasteiger partial charge in [-0.3, -0.25) is 0 Å². The first-order valence-electron chi connectivity index (χ1n) is 22.5. The van der Waals surface area contributed by atoms with Gasteiger partial charge >= 0.3 is 0 Å². The number of fused-ring (bicyclic) bond motifs is 7. The second-order valence-electron chi connectivity index (χ2n) is 20.3. The Hall–Kier alpha value is -1.20. The molecule has 5 aliphatic heterocycles. The monoisotopic (exact) mass is 868 g/mol. The van der Waals surface area contributed by atoms with Crippen LogP contribution < -0.4 is 0 Å². The highest BCUT2D eigenvalue weighted by atomic mass is 16.8. The Morgan fingerprint density at radius 2 is 1.54 bits per heavy atom. The van der Waals surface area contributed by atoms with Crippen molar-refractivity contribution < 1.29 is 83.9 Å². The molecule has 9 rings (SSSR count). The lowest BCUT2D eigenvalue weighted by molar-refractivity contribution is -0.380. The van der Waals surface area contributed by atoms with Crippen molar-refractivity contribution in [3.05, 3.63) is 23.8 Å². The van der Waals surface area contributed by atoms with E-state index in [1.54, 1.807) is 0 Å². The van der Waals surface area contributed by atoms with Crippen LogP contribution in [0.15, 0.2) is 23.8 Å². The molecule has 0 unspecified atom stereocenters. The van der Waals surface area contributed by atoms with Gasteiger partial charge < -0.3 is 83.9 Å². The minimum Gasteiger partial charge on any atom is -0.394 e. The third-order valence-electron chi connectivity index (χ3n) is 17.1. The lowest BCUT2D eigenvalue weighted by Crippen LogP contribution is -2.65. The van der Waals surface area contributed by atoms with Gasteiger partial charge in [0, 0.05) is 24.2 Å². The number of rotatable bonds is 7. The maximum Gasteiger partial charge on any atom is 0.187 e. The molecule has 9 aliphatic rings. The fourth-order valence-corrected chi connectivity index (χ4v) is 13.6. The Morgan fingerprint density at radius 1 is 0.803 bits per heavy atom. The first kappa shape index (κ1) is 45.0. The van der Waals surface area contributed by atoms with Crippen LogP contribution in [-0.2, 0) is 37.9 Å². The lowest BCUT2D eigenvalue weighted by atomic mass is 9.46. The number of aliphatic hydroxyl groups is 9. The van der Waals surface area contributed by atoms with Crippen LogP contribution in [0.4, 0.5) is 0 Å². The van der Waals surface area contributed by atoms with Crippen LogP contribution in [0.3, 0.4) is 0 Å². The third kappa shape index (κ3) is 7.25. The molecule has 17 nitrogen and oxygen atoms in total. The first-order chi connectivity index (χ1) is 28.9. The highest BCUT2D eigenvalue weighted by Gasteiger charge is 2.69. The second-order valence-corrected chi connectivity index (χ2v) is 20.3. The van der Waals surface area contributed by atoms with Crippen molar-refractivity contribution >= 4 is 0 Å².